The van der Waals surface area contributed by atoms with Crippen LogP contribution < -0.4 is 4.74 Å². The number of ether oxygens (including phenoxy) is 1. The van der Waals surface area contributed by atoms with Crippen molar-refractivity contribution in [2.45, 2.75) is 48.3 Å². The Labute approximate surface area is 312 Å². The molecule has 1 aromatic carbocycles. The molecule has 1 aliphatic rings. The Morgan fingerprint density at radius 2 is 1.73 bits per heavy atom. The average molecular weight is 1160 g/mol. The summed E-state index contributed by atoms with van der Waals surface area (Å²) >= 11 is -1.37. The van der Waals surface area contributed by atoms with Crippen molar-refractivity contribution in [3.05, 3.63) is 53.9 Å². The molecule has 44 heavy (non-hydrogen) atoms. The zero-order valence-corrected chi connectivity index (χ0v) is 36.5. The van der Waals surface area contributed by atoms with Crippen molar-refractivity contribution >= 4 is 126 Å². The van der Waals surface area contributed by atoms with Gasteiger partial charge in [-0.2, -0.15) is 5.10 Å². The second-order valence-electron chi connectivity index (χ2n) is 11.3. The number of aromatic nitrogens is 3. The van der Waals surface area contributed by atoms with E-state index in [2.05, 4.69) is 89.3 Å². The molecule has 3 aromatic rings. The summed E-state index contributed by atoms with van der Waals surface area (Å²) in [6, 6.07) is 13.1. The standard InChI is InChI=1S/C33H43I5N4O2/c1-9-42-28(24-14-15-30(39-19-24)33(36-6,37-7)38-8)18-27(40-42)23-12-13-25(29(17-23)44-31(34-4)35-5)20-41-16-10-11-26(21-41)32(2,3)22-43/h12-15,17-19,26,31,43H,4-11,16,20-22H2,1-3H3/t26-/m0/s1. The van der Waals surface area contributed by atoms with Gasteiger partial charge in [-0.15, -0.1) is 0 Å². The summed E-state index contributed by atoms with van der Waals surface area (Å²) in [4.78, 5) is 7.46. The zero-order chi connectivity index (χ0) is 31.9. The van der Waals surface area contributed by atoms with E-state index in [9.17, 15) is 5.11 Å². The first-order valence-electron chi connectivity index (χ1n) is 14.3. The van der Waals surface area contributed by atoms with Crippen molar-refractivity contribution < 1.29 is 9.84 Å². The van der Waals surface area contributed by atoms with Gasteiger partial charge in [0.25, 0.3) is 0 Å². The van der Waals surface area contributed by atoms with Crippen molar-refractivity contribution in [3.63, 3.8) is 0 Å². The van der Waals surface area contributed by atoms with E-state index in [0.29, 0.717) is 5.92 Å². The predicted molar refractivity (Wildman–Crippen MR) is 237 cm³/mol. The lowest BCUT2D eigenvalue weighted by atomic mass is 9.75. The molecule has 2 aromatic heterocycles. The zero-order valence-electron chi connectivity index (χ0n) is 25.7. The van der Waals surface area contributed by atoms with E-state index in [0.717, 1.165) is 66.6 Å². The Balaban J connectivity index is 1.67. The van der Waals surface area contributed by atoms with Crippen molar-refractivity contribution in [1.82, 2.24) is 19.7 Å². The van der Waals surface area contributed by atoms with Crippen LogP contribution in [0.1, 0.15) is 44.9 Å². The molecule has 242 valence electrons. The lowest BCUT2D eigenvalue weighted by molar-refractivity contribution is 0.0380. The quantitative estimate of drug-likeness (QED) is 0.122. The third-order valence-electron chi connectivity index (χ3n) is 8.17. The normalized spacial score (nSPS) is 16.4. The summed E-state index contributed by atoms with van der Waals surface area (Å²) in [7, 11) is 0. The molecular formula is C33H43I5N4O2. The molecule has 4 rings (SSSR count). The highest BCUT2D eigenvalue weighted by molar-refractivity contribution is 14.3. The molecule has 3 heterocycles. The van der Waals surface area contributed by atoms with Gasteiger partial charge < -0.3 is 9.84 Å². The molecule has 0 bridgehead atoms. The van der Waals surface area contributed by atoms with Crippen molar-refractivity contribution in [3.8, 4) is 28.3 Å². The number of aliphatic hydroxyl groups is 1. The Hall–Kier alpha value is 0.300. The lowest BCUT2D eigenvalue weighted by Crippen LogP contribution is -2.42. The molecule has 0 spiro atoms. The Morgan fingerprint density at radius 1 is 1.02 bits per heavy atom. The van der Waals surface area contributed by atoms with Crippen LogP contribution in [-0.2, 0) is 12.5 Å². The van der Waals surface area contributed by atoms with Crippen LogP contribution in [0.25, 0.3) is 22.5 Å². The molecule has 1 fully saturated rings. The van der Waals surface area contributed by atoms with Crippen LogP contribution >= 0.6 is 104 Å². The second kappa shape index (κ2) is 17.1. The minimum Gasteiger partial charge on any atom is -0.471 e. The number of pyridine rings is 1. The van der Waals surface area contributed by atoms with E-state index in [4.69, 9.17) is 14.8 Å². The number of piperidine rings is 1. The van der Waals surface area contributed by atoms with Gasteiger partial charge in [0, 0.05) is 49.1 Å². The first-order chi connectivity index (χ1) is 21.2. The van der Waals surface area contributed by atoms with Gasteiger partial charge >= 0.3 is 0 Å². The molecule has 0 aliphatic carbocycles. The molecule has 6 nitrogen and oxygen atoms in total. The van der Waals surface area contributed by atoms with Crippen LogP contribution in [-0.4, -0.2) is 69.2 Å². The largest absolute Gasteiger partial charge is 0.471 e. The number of aliphatic hydroxyl groups excluding tert-OH is 1. The molecule has 1 saturated heterocycles. The van der Waals surface area contributed by atoms with Crippen LogP contribution in [0.2, 0.25) is 0 Å². The Morgan fingerprint density at radius 3 is 2.32 bits per heavy atom. The van der Waals surface area contributed by atoms with Gasteiger partial charge in [0.05, 0.1) is 17.1 Å². The Bertz CT molecular complexity index is 1470. The maximum atomic E-state index is 9.99. The molecule has 1 aliphatic heterocycles. The van der Waals surface area contributed by atoms with Gasteiger partial charge in [-0.1, -0.05) is 152 Å². The molecule has 0 saturated carbocycles. The minimum atomic E-state index is -0.319. The van der Waals surface area contributed by atoms with Crippen LogP contribution in [0, 0.1) is 11.3 Å². The summed E-state index contributed by atoms with van der Waals surface area (Å²) in [6.07, 6.45) is 4.31. The van der Waals surface area contributed by atoms with E-state index in [1.807, 2.05) is 6.20 Å². The van der Waals surface area contributed by atoms with Crippen LogP contribution in [0.3, 0.4) is 0 Å². The third-order valence-corrected chi connectivity index (χ3v) is 30.7. The molecule has 1 atom stereocenters. The number of benzene rings is 1. The van der Waals surface area contributed by atoms with Crippen molar-refractivity contribution in [2.24, 2.45) is 11.3 Å². The highest BCUT2D eigenvalue weighted by Gasteiger charge is 2.33. The number of likely N-dealkylation sites (tertiary alicyclic amines) is 1. The third kappa shape index (κ3) is 8.66. The molecule has 11 heteroatoms. The fraction of sp³-hybridized carbons (Fsp3) is 0.424. The molecule has 1 N–H and O–H groups in total. The van der Waals surface area contributed by atoms with Gasteiger partial charge in [0.15, 0.2) is 2.12 Å². The molecule has 0 radical (unpaired) electrons. The topological polar surface area (TPSA) is 63.4 Å². The number of aryl methyl sites for hydroxylation is 1. The van der Waals surface area contributed by atoms with Crippen LogP contribution in [0.15, 0.2) is 42.6 Å². The maximum Gasteiger partial charge on any atom is 0.188 e. The van der Waals surface area contributed by atoms with E-state index >= 15 is 0 Å². The van der Waals surface area contributed by atoms with Crippen molar-refractivity contribution in [2.75, 3.05) is 19.7 Å². The number of rotatable bonds is 15. The summed E-state index contributed by atoms with van der Waals surface area (Å²) in [5, 5.41) is 15.0. The van der Waals surface area contributed by atoms with Gasteiger partial charge in [0.1, 0.15) is 5.18 Å². The summed E-state index contributed by atoms with van der Waals surface area (Å²) in [6.45, 7) is 10.4. The van der Waals surface area contributed by atoms with Gasteiger partial charge in [0.2, 0.25) is 0 Å². The first-order valence-corrected chi connectivity index (χ1v) is 27.6. The predicted octanol–water partition coefficient (Wildman–Crippen LogP) is 8.65. The van der Waals surface area contributed by atoms with Gasteiger partial charge in [-0.3, -0.25) is 14.6 Å². The smallest absolute Gasteiger partial charge is 0.188 e. The fourth-order valence-corrected chi connectivity index (χ4v) is 15.0. The summed E-state index contributed by atoms with van der Waals surface area (Å²) in [5.41, 5.74) is 6.38. The number of hydrogen-bond acceptors (Lipinski definition) is 5. The second-order valence-corrected chi connectivity index (χ2v) is 31.0. The van der Waals surface area contributed by atoms with E-state index in [-0.39, 0.29) is 117 Å². The SMILES string of the molecule is C=IC(Oc1cc(-c2cc(-c3ccc(C(I=C)(I=C)I=C)nc3)n(CC)n2)ccc1CN1CCC[C@H](C(C)(C)CO)C1)I=C. The minimum absolute atomic E-state index is 0.0733. The summed E-state index contributed by atoms with van der Waals surface area (Å²) < 4.78 is 30.4. The Kier molecular flexibility index (Phi) is 14.4. The van der Waals surface area contributed by atoms with Crippen LogP contribution in [0.5, 0.6) is 5.75 Å². The summed E-state index contributed by atoms with van der Waals surface area (Å²) in [5.74, 6) is 1.41. The molecule has 0 amide bonds. The van der Waals surface area contributed by atoms with Crippen LogP contribution in [0.4, 0.5) is 0 Å². The average Bonchev–Trinajstić information content (AvgIpc) is 3.50. The van der Waals surface area contributed by atoms with E-state index in [1.165, 1.54) is 12.0 Å². The number of hydrogen-bond donors (Lipinski definition) is 1. The van der Waals surface area contributed by atoms with E-state index in [1.54, 1.807) is 0 Å². The van der Waals surface area contributed by atoms with E-state index < -0.39 is 0 Å². The van der Waals surface area contributed by atoms with Gasteiger partial charge in [-0.25, -0.2) is 0 Å². The molecular weight excluding hydrogens is 1120 g/mol. The van der Waals surface area contributed by atoms with Crippen molar-refractivity contribution in [1.29, 1.82) is 0 Å². The number of nitrogens with zero attached hydrogens (tertiary/aromatic N) is 4. The maximum absolute atomic E-state index is 9.99. The lowest BCUT2D eigenvalue weighted by Gasteiger charge is -2.40. The number of alkyl halides is 5. The first kappa shape index (κ1) is 37.1. The highest BCUT2D eigenvalue weighted by Crippen LogP contribution is 2.53. The fourth-order valence-electron chi connectivity index (χ4n) is 5.42. The van der Waals surface area contributed by atoms with Gasteiger partial charge in [-0.05, 0) is 61.9 Å². The number of halogens is 5. The highest BCUT2D eigenvalue weighted by atomic mass is 127. The monoisotopic (exact) mass is 1160 g/mol. The molecule has 0 unspecified atom stereocenters.